The van der Waals surface area contributed by atoms with Gasteiger partial charge >= 0.3 is 17.9 Å². The van der Waals surface area contributed by atoms with Gasteiger partial charge in [0.2, 0.25) is 0 Å². The van der Waals surface area contributed by atoms with E-state index in [9.17, 15) is 29.4 Å². The Morgan fingerprint density at radius 1 is 0.962 bits per heavy atom. The first-order valence-corrected chi connectivity index (χ1v) is 7.85. The maximum absolute atomic E-state index is 12.7. The fraction of sp³-hybridized carbons (Fsp3) is 0.529. The maximum Gasteiger partial charge on any atom is 0.345 e. The molecule has 26 heavy (non-hydrogen) atoms. The Labute approximate surface area is 149 Å². The fourth-order valence-corrected chi connectivity index (χ4v) is 3.64. The minimum atomic E-state index is -1.44. The maximum atomic E-state index is 12.7. The summed E-state index contributed by atoms with van der Waals surface area (Å²) in [5, 5.41) is 21.1. The average molecular weight is 368 g/mol. The number of fused-ring (bicyclic) bond motifs is 1. The highest BCUT2D eigenvalue weighted by Crippen LogP contribution is 2.48. The normalized spacial score (nSPS) is 28.4. The third-order valence-electron chi connectivity index (χ3n) is 4.86. The zero-order chi connectivity index (χ0) is 19.8. The van der Waals surface area contributed by atoms with Crippen molar-refractivity contribution in [3.8, 4) is 0 Å². The van der Waals surface area contributed by atoms with Crippen molar-refractivity contribution in [1.82, 2.24) is 0 Å². The van der Waals surface area contributed by atoms with Crippen molar-refractivity contribution in [2.45, 2.75) is 13.3 Å². The van der Waals surface area contributed by atoms with Crippen LogP contribution in [0.4, 0.5) is 0 Å². The van der Waals surface area contributed by atoms with E-state index >= 15 is 0 Å². The summed E-state index contributed by atoms with van der Waals surface area (Å²) >= 11 is 0. The quantitative estimate of drug-likeness (QED) is 0.317. The molecule has 0 amide bonds. The van der Waals surface area contributed by atoms with Gasteiger partial charge in [0.15, 0.2) is 5.78 Å². The Balaban J connectivity index is 2.76. The second-order valence-electron chi connectivity index (χ2n) is 6.20. The van der Waals surface area contributed by atoms with Crippen LogP contribution in [-0.4, -0.2) is 55.2 Å². The average Bonchev–Trinajstić information content (AvgIpc) is 2.60. The molecule has 0 saturated carbocycles. The highest BCUT2D eigenvalue weighted by Gasteiger charge is 2.53. The van der Waals surface area contributed by atoms with Crippen molar-refractivity contribution < 1.29 is 43.6 Å². The van der Waals surface area contributed by atoms with Crippen LogP contribution >= 0.6 is 0 Å². The molecule has 0 saturated heterocycles. The van der Waals surface area contributed by atoms with E-state index in [1.165, 1.54) is 0 Å². The predicted molar refractivity (Wildman–Crippen MR) is 84.6 cm³/mol. The molecule has 4 atom stereocenters. The molecule has 142 valence electrons. The van der Waals surface area contributed by atoms with E-state index in [4.69, 9.17) is 0 Å². The molecule has 0 aromatic carbocycles. The molecule has 0 fully saturated rings. The summed E-state index contributed by atoms with van der Waals surface area (Å²) in [6, 6.07) is 0. The van der Waals surface area contributed by atoms with Gasteiger partial charge in [-0.2, -0.15) is 0 Å². The van der Waals surface area contributed by atoms with E-state index in [2.05, 4.69) is 14.2 Å². The van der Waals surface area contributed by atoms with Gasteiger partial charge < -0.3 is 24.4 Å². The lowest BCUT2D eigenvalue weighted by atomic mass is 9.64. The van der Waals surface area contributed by atoms with Crippen molar-refractivity contribution in [1.29, 1.82) is 0 Å². The van der Waals surface area contributed by atoms with Crippen LogP contribution in [0.2, 0.25) is 0 Å². The molecule has 0 heterocycles. The number of Topliss-reactive ketones (excluding diaryl/α,β-unsaturated/α-hetero) is 1. The molecule has 0 bridgehead atoms. The van der Waals surface area contributed by atoms with Crippen LogP contribution in [0.5, 0.6) is 0 Å². The molecule has 2 aliphatic carbocycles. The number of hydrogen-bond acceptors (Lipinski definition) is 9. The highest BCUT2D eigenvalue weighted by atomic mass is 16.5. The number of allylic oxidation sites excluding steroid dienone is 1. The number of ketones is 1. The lowest BCUT2D eigenvalue weighted by Gasteiger charge is -2.39. The Morgan fingerprint density at radius 3 is 2.00 bits per heavy atom. The fourth-order valence-electron chi connectivity index (χ4n) is 3.64. The van der Waals surface area contributed by atoms with Crippen LogP contribution in [0.25, 0.3) is 0 Å². The van der Waals surface area contributed by atoms with Crippen molar-refractivity contribution in [3.63, 3.8) is 0 Å². The van der Waals surface area contributed by atoms with Crippen molar-refractivity contribution in [2.75, 3.05) is 21.3 Å². The topological polar surface area (TPSA) is 136 Å². The molecular formula is C17H20O9. The standard InChI is InChI=1S/C17H20O9/c1-6-5-7-9(12(18)8(6)15(21)24-2)13(19)11(17(23)26-4)14(20)10(7)16(22)25-3/h6-8,10,18-19H,5H2,1-4H3. The SMILES string of the molecule is COC(=O)C1=C(O)C2=C(O)C(C(=O)OC)C(C)CC2C(C(=O)OC)C1=O. The summed E-state index contributed by atoms with van der Waals surface area (Å²) in [6.07, 6.45) is 0.114. The van der Waals surface area contributed by atoms with Crippen LogP contribution in [0.3, 0.4) is 0 Å². The Hall–Kier alpha value is -2.84. The molecule has 2 N–H and O–H groups in total. The van der Waals surface area contributed by atoms with Crippen LogP contribution in [0.15, 0.2) is 22.7 Å². The van der Waals surface area contributed by atoms with Crippen molar-refractivity contribution in [2.24, 2.45) is 23.7 Å². The van der Waals surface area contributed by atoms with Gasteiger partial charge in [-0.25, -0.2) is 4.79 Å². The lowest BCUT2D eigenvalue weighted by molar-refractivity contribution is -0.152. The second-order valence-corrected chi connectivity index (χ2v) is 6.20. The first kappa shape index (κ1) is 19.5. The largest absolute Gasteiger partial charge is 0.511 e. The van der Waals surface area contributed by atoms with E-state index in [1.54, 1.807) is 6.92 Å². The number of ether oxygens (including phenoxy) is 3. The number of carbonyl (C=O) groups is 4. The number of methoxy groups -OCH3 is 3. The first-order chi connectivity index (χ1) is 12.2. The molecular weight excluding hydrogens is 348 g/mol. The molecule has 0 aromatic heterocycles. The Kier molecular flexibility index (Phi) is 5.38. The molecule has 4 unspecified atom stereocenters. The Bertz CT molecular complexity index is 731. The molecule has 0 radical (unpaired) electrons. The minimum absolute atomic E-state index is 0.114. The van der Waals surface area contributed by atoms with Gasteiger partial charge in [-0.1, -0.05) is 6.92 Å². The molecule has 0 aromatic rings. The van der Waals surface area contributed by atoms with Gasteiger partial charge in [-0.3, -0.25) is 14.4 Å². The van der Waals surface area contributed by atoms with Gasteiger partial charge in [0.1, 0.15) is 28.9 Å². The van der Waals surface area contributed by atoms with E-state index in [-0.39, 0.29) is 12.0 Å². The van der Waals surface area contributed by atoms with E-state index in [0.717, 1.165) is 21.3 Å². The van der Waals surface area contributed by atoms with Gasteiger partial charge in [0, 0.05) is 11.5 Å². The molecule has 2 rings (SSSR count). The first-order valence-electron chi connectivity index (χ1n) is 7.85. The highest BCUT2D eigenvalue weighted by molar-refractivity contribution is 6.24. The van der Waals surface area contributed by atoms with Crippen LogP contribution in [-0.2, 0) is 33.4 Å². The summed E-state index contributed by atoms with van der Waals surface area (Å²) < 4.78 is 13.8. The summed E-state index contributed by atoms with van der Waals surface area (Å²) in [4.78, 5) is 48.8. The number of aliphatic hydroxyl groups excluding tert-OH is 2. The van der Waals surface area contributed by atoms with Gasteiger partial charge in [0.25, 0.3) is 0 Å². The summed E-state index contributed by atoms with van der Waals surface area (Å²) in [6.45, 7) is 1.64. The molecule has 0 spiro atoms. The van der Waals surface area contributed by atoms with Gasteiger partial charge in [-0.15, -0.1) is 0 Å². The molecule has 0 aliphatic heterocycles. The molecule has 2 aliphatic rings. The smallest absolute Gasteiger partial charge is 0.345 e. The molecule has 9 nitrogen and oxygen atoms in total. The third kappa shape index (κ3) is 2.83. The monoisotopic (exact) mass is 368 g/mol. The van der Waals surface area contributed by atoms with Gasteiger partial charge in [-0.05, 0) is 12.3 Å². The second kappa shape index (κ2) is 7.19. The zero-order valence-corrected chi connectivity index (χ0v) is 14.8. The number of rotatable bonds is 3. The summed E-state index contributed by atoms with van der Waals surface area (Å²) in [5.41, 5.74) is -0.979. The summed E-state index contributed by atoms with van der Waals surface area (Å²) in [7, 11) is 3.23. The minimum Gasteiger partial charge on any atom is -0.511 e. The Morgan fingerprint density at radius 2 is 1.50 bits per heavy atom. The van der Waals surface area contributed by atoms with Crippen LogP contribution in [0.1, 0.15) is 13.3 Å². The number of carbonyl (C=O) groups excluding carboxylic acids is 4. The van der Waals surface area contributed by atoms with Crippen molar-refractivity contribution >= 4 is 23.7 Å². The number of hydrogen-bond donors (Lipinski definition) is 2. The van der Waals surface area contributed by atoms with Crippen molar-refractivity contribution in [3.05, 3.63) is 22.7 Å². The third-order valence-corrected chi connectivity index (χ3v) is 4.86. The number of esters is 3. The van der Waals surface area contributed by atoms with Crippen LogP contribution in [0, 0.1) is 23.7 Å². The van der Waals surface area contributed by atoms with Gasteiger partial charge in [0.05, 0.1) is 21.3 Å². The van der Waals surface area contributed by atoms with E-state index in [1.807, 2.05) is 0 Å². The predicted octanol–water partition coefficient (Wildman–Crippen LogP) is 0.601. The lowest BCUT2D eigenvalue weighted by Crippen LogP contribution is -2.45. The van der Waals surface area contributed by atoms with E-state index < -0.39 is 64.5 Å². The molecule has 9 heteroatoms. The summed E-state index contributed by atoms with van der Waals surface area (Å²) in [5.74, 6) is -9.07. The van der Waals surface area contributed by atoms with Crippen LogP contribution < -0.4 is 0 Å². The number of aliphatic hydroxyl groups is 2. The van der Waals surface area contributed by atoms with E-state index in [0.29, 0.717) is 0 Å². The zero-order valence-electron chi connectivity index (χ0n) is 14.8.